The predicted molar refractivity (Wildman–Crippen MR) is 89.9 cm³/mol. The van der Waals surface area contributed by atoms with Crippen LogP contribution in [0.1, 0.15) is 48.4 Å². The molecule has 25 heavy (non-hydrogen) atoms. The maximum atomic E-state index is 12.7. The summed E-state index contributed by atoms with van der Waals surface area (Å²) in [5, 5.41) is 12.6. The molecule has 1 atom stereocenters. The first-order valence-electron chi connectivity index (χ1n) is 9.04. The molecule has 4 rings (SSSR count). The average Bonchev–Trinajstić information content (AvgIpc) is 3.07. The second-order valence-corrected chi connectivity index (χ2v) is 6.87. The van der Waals surface area contributed by atoms with Crippen molar-refractivity contribution in [2.24, 2.45) is 5.92 Å². The van der Waals surface area contributed by atoms with Gasteiger partial charge in [0.25, 0.3) is 5.91 Å². The summed E-state index contributed by atoms with van der Waals surface area (Å²) < 4.78 is 9.28. The Kier molecular flexibility index (Phi) is 4.52. The van der Waals surface area contributed by atoms with Crippen LogP contribution in [0.2, 0.25) is 0 Å². The molecule has 2 aromatic rings. The second-order valence-electron chi connectivity index (χ2n) is 6.87. The van der Waals surface area contributed by atoms with Gasteiger partial charge in [-0.3, -0.25) is 9.48 Å². The standard InChI is InChI=1S/C17H24N6O2/c1-2-22-16(5-7-18-22)17(24)21-8-6-15(10-21)23-9-14(19-20-23)12-25-11-13-3-4-13/h5,7,9,13,15H,2-4,6,8,10-12H2,1H3. The topological polar surface area (TPSA) is 78.1 Å². The minimum atomic E-state index is 0.0370. The van der Waals surface area contributed by atoms with E-state index in [0.717, 1.165) is 31.2 Å². The first-order valence-corrected chi connectivity index (χ1v) is 9.04. The monoisotopic (exact) mass is 344 g/mol. The van der Waals surface area contributed by atoms with Crippen LogP contribution in [0.15, 0.2) is 18.5 Å². The Balaban J connectivity index is 1.34. The van der Waals surface area contributed by atoms with Crippen molar-refractivity contribution in [3.8, 4) is 0 Å². The number of hydrogen-bond donors (Lipinski definition) is 0. The van der Waals surface area contributed by atoms with Crippen LogP contribution in [0.25, 0.3) is 0 Å². The van der Waals surface area contributed by atoms with Crippen molar-refractivity contribution in [3.05, 3.63) is 29.8 Å². The predicted octanol–water partition coefficient (Wildman–Crippen LogP) is 1.51. The molecule has 0 aromatic carbocycles. The van der Waals surface area contributed by atoms with Gasteiger partial charge in [-0.2, -0.15) is 5.10 Å². The molecule has 134 valence electrons. The van der Waals surface area contributed by atoms with Gasteiger partial charge in [-0.15, -0.1) is 5.10 Å². The third kappa shape index (κ3) is 3.58. The van der Waals surface area contributed by atoms with Crippen molar-refractivity contribution in [1.82, 2.24) is 29.7 Å². The third-order valence-corrected chi connectivity index (χ3v) is 4.92. The molecule has 1 saturated heterocycles. The van der Waals surface area contributed by atoms with Crippen LogP contribution in [0.5, 0.6) is 0 Å². The van der Waals surface area contributed by atoms with E-state index in [0.29, 0.717) is 25.4 Å². The highest BCUT2D eigenvalue weighted by molar-refractivity contribution is 5.92. The fourth-order valence-corrected chi connectivity index (χ4v) is 3.24. The zero-order chi connectivity index (χ0) is 17.2. The van der Waals surface area contributed by atoms with Crippen LogP contribution >= 0.6 is 0 Å². The van der Waals surface area contributed by atoms with Gasteiger partial charge in [0.05, 0.1) is 18.8 Å². The maximum absolute atomic E-state index is 12.7. The van der Waals surface area contributed by atoms with E-state index < -0.39 is 0 Å². The van der Waals surface area contributed by atoms with E-state index in [4.69, 9.17) is 4.74 Å². The Bertz CT molecular complexity index is 735. The van der Waals surface area contributed by atoms with E-state index in [1.165, 1.54) is 12.8 Å². The lowest BCUT2D eigenvalue weighted by molar-refractivity contribution is 0.0774. The summed E-state index contributed by atoms with van der Waals surface area (Å²) in [6.07, 6.45) is 7.08. The van der Waals surface area contributed by atoms with Crippen molar-refractivity contribution < 1.29 is 9.53 Å². The Morgan fingerprint density at radius 2 is 2.24 bits per heavy atom. The summed E-state index contributed by atoms with van der Waals surface area (Å²) >= 11 is 0. The van der Waals surface area contributed by atoms with E-state index in [9.17, 15) is 4.79 Å². The van der Waals surface area contributed by atoms with Gasteiger partial charge in [-0.25, -0.2) is 4.68 Å². The van der Waals surface area contributed by atoms with Crippen LogP contribution in [0, 0.1) is 5.92 Å². The molecule has 2 aliphatic rings. The van der Waals surface area contributed by atoms with E-state index in [2.05, 4.69) is 15.4 Å². The number of hydrogen-bond acceptors (Lipinski definition) is 5. The molecular formula is C17H24N6O2. The first kappa shape index (κ1) is 16.3. The molecule has 1 saturated carbocycles. The molecule has 1 amide bonds. The first-order chi connectivity index (χ1) is 12.2. The quantitative estimate of drug-likeness (QED) is 0.761. The summed E-state index contributed by atoms with van der Waals surface area (Å²) in [6.45, 7) is 5.40. The van der Waals surface area contributed by atoms with Gasteiger partial charge >= 0.3 is 0 Å². The molecule has 1 aliphatic carbocycles. The molecule has 1 unspecified atom stereocenters. The van der Waals surface area contributed by atoms with Crippen LogP contribution in [-0.4, -0.2) is 55.3 Å². The number of likely N-dealkylation sites (tertiary alicyclic amines) is 1. The SMILES string of the molecule is CCn1nccc1C(=O)N1CCC(n2cc(COCC3CC3)nn2)C1. The smallest absolute Gasteiger partial charge is 0.272 e. The van der Waals surface area contributed by atoms with Crippen molar-refractivity contribution >= 4 is 5.91 Å². The summed E-state index contributed by atoms with van der Waals surface area (Å²) in [7, 11) is 0. The lowest BCUT2D eigenvalue weighted by Gasteiger charge is -2.16. The van der Waals surface area contributed by atoms with Gasteiger partial charge in [0.15, 0.2) is 0 Å². The maximum Gasteiger partial charge on any atom is 0.272 e. The summed E-state index contributed by atoms with van der Waals surface area (Å²) in [6, 6.07) is 1.95. The van der Waals surface area contributed by atoms with E-state index in [1.807, 2.05) is 22.7 Å². The number of aryl methyl sites for hydroxylation is 1. The number of amides is 1. The molecule has 0 N–H and O–H groups in total. The third-order valence-electron chi connectivity index (χ3n) is 4.92. The Hall–Kier alpha value is -2.22. The normalized spacial score (nSPS) is 20.4. The molecule has 2 fully saturated rings. The number of carbonyl (C=O) groups excluding carboxylic acids is 1. The minimum Gasteiger partial charge on any atom is -0.375 e. The van der Waals surface area contributed by atoms with Gasteiger partial charge in [-0.1, -0.05) is 5.21 Å². The zero-order valence-electron chi connectivity index (χ0n) is 14.5. The Morgan fingerprint density at radius 3 is 3.04 bits per heavy atom. The summed E-state index contributed by atoms with van der Waals surface area (Å²) in [5.74, 6) is 0.788. The number of nitrogens with zero attached hydrogens (tertiary/aromatic N) is 6. The number of aromatic nitrogens is 5. The Morgan fingerprint density at radius 1 is 1.36 bits per heavy atom. The molecule has 8 nitrogen and oxygen atoms in total. The van der Waals surface area contributed by atoms with Gasteiger partial charge in [-0.05, 0) is 38.2 Å². The lowest BCUT2D eigenvalue weighted by atomic mass is 10.3. The fourth-order valence-electron chi connectivity index (χ4n) is 3.24. The number of carbonyl (C=O) groups is 1. The molecule has 0 bridgehead atoms. The summed E-state index contributed by atoms with van der Waals surface area (Å²) in [4.78, 5) is 14.6. The summed E-state index contributed by atoms with van der Waals surface area (Å²) in [5.41, 5.74) is 1.50. The Labute approximate surface area is 146 Å². The van der Waals surface area contributed by atoms with Crippen molar-refractivity contribution in [2.45, 2.75) is 45.4 Å². The second kappa shape index (κ2) is 6.95. The molecule has 2 aromatic heterocycles. The van der Waals surface area contributed by atoms with Gasteiger partial charge in [0, 0.05) is 32.4 Å². The molecule has 0 spiro atoms. The van der Waals surface area contributed by atoms with Crippen LogP contribution in [0.3, 0.4) is 0 Å². The fraction of sp³-hybridized carbons (Fsp3) is 0.647. The average molecular weight is 344 g/mol. The zero-order valence-corrected chi connectivity index (χ0v) is 14.5. The molecule has 0 radical (unpaired) electrons. The van der Waals surface area contributed by atoms with Crippen molar-refractivity contribution in [3.63, 3.8) is 0 Å². The van der Waals surface area contributed by atoms with Crippen LogP contribution in [0.4, 0.5) is 0 Å². The van der Waals surface area contributed by atoms with E-state index in [1.54, 1.807) is 16.9 Å². The van der Waals surface area contributed by atoms with Crippen molar-refractivity contribution in [1.29, 1.82) is 0 Å². The van der Waals surface area contributed by atoms with Gasteiger partial charge < -0.3 is 9.64 Å². The lowest BCUT2D eigenvalue weighted by Crippen LogP contribution is -2.31. The molecule has 1 aliphatic heterocycles. The largest absolute Gasteiger partial charge is 0.375 e. The highest BCUT2D eigenvalue weighted by Crippen LogP contribution is 2.29. The minimum absolute atomic E-state index is 0.0370. The van der Waals surface area contributed by atoms with Gasteiger partial charge in [0.1, 0.15) is 11.4 Å². The highest BCUT2D eigenvalue weighted by atomic mass is 16.5. The highest BCUT2D eigenvalue weighted by Gasteiger charge is 2.30. The van der Waals surface area contributed by atoms with Crippen molar-refractivity contribution in [2.75, 3.05) is 19.7 Å². The molecular weight excluding hydrogens is 320 g/mol. The molecule has 3 heterocycles. The van der Waals surface area contributed by atoms with Crippen LogP contribution < -0.4 is 0 Å². The molecule has 8 heteroatoms. The number of ether oxygens (including phenoxy) is 1. The number of rotatable bonds is 7. The van der Waals surface area contributed by atoms with E-state index >= 15 is 0 Å². The van der Waals surface area contributed by atoms with Crippen LogP contribution in [-0.2, 0) is 17.9 Å². The van der Waals surface area contributed by atoms with Gasteiger partial charge in [0.2, 0.25) is 0 Å². The van der Waals surface area contributed by atoms with E-state index in [-0.39, 0.29) is 11.9 Å².